The van der Waals surface area contributed by atoms with Gasteiger partial charge in [-0.2, -0.15) is 0 Å². The summed E-state index contributed by atoms with van der Waals surface area (Å²) in [6.07, 6.45) is 9.82. The van der Waals surface area contributed by atoms with Crippen molar-refractivity contribution in [3.63, 3.8) is 0 Å². The highest BCUT2D eigenvalue weighted by Crippen LogP contribution is 2.55. The second-order valence-corrected chi connectivity index (χ2v) is 9.12. The highest BCUT2D eigenvalue weighted by Gasteiger charge is 2.54. The molecule has 1 saturated heterocycles. The minimum atomic E-state index is 0.0452. The van der Waals surface area contributed by atoms with Crippen LogP contribution in [0.5, 0.6) is 0 Å². The molecular formula is C23H25N5O. The van der Waals surface area contributed by atoms with E-state index in [-0.39, 0.29) is 17.2 Å². The Balaban J connectivity index is 1.33. The van der Waals surface area contributed by atoms with E-state index < -0.39 is 0 Å². The van der Waals surface area contributed by atoms with Crippen LogP contribution < -0.4 is 0 Å². The zero-order valence-electron chi connectivity index (χ0n) is 16.5. The second-order valence-electron chi connectivity index (χ2n) is 9.12. The Morgan fingerprint density at radius 2 is 2.03 bits per heavy atom. The number of nitrogens with zero attached hydrogens (tertiary/aromatic N) is 5. The molecule has 2 aliphatic carbocycles. The number of likely N-dealkylation sites (tertiary alicyclic amines) is 1. The molecule has 1 amide bonds. The maximum atomic E-state index is 13.5. The molecule has 0 bridgehead atoms. The van der Waals surface area contributed by atoms with E-state index in [1.165, 1.54) is 32.1 Å². The van der Waals surface area contributed by atoms with E-state index in [1.807, 2.05) is 41.6 Å². The Kier molecular flexibility index (Phi) is 3.76. The van der Waals surface area contributed by atoms with Gasteiger partial charge in [0.25, 0.3) is 5.91 Å². The summed E-state index contributed by atoms with van der Waals surface area (Å²) >= 11 is 0. The molecule has 3 fully saturated rings. The van der Waals surface area contributed by atoms with Gasteiger partial charge in [0.1, 0.15) is 17.8 Å². The Morgan fingerprint density at radius 1 is 1.17 bits per heavy atom. The maximum absolute atomic E-state index is 13.5. The molecule has 1 aromatic carbocycles. The van der Waals surface area contributed by atoms with Crippen molar-refractivity contribution in [1.29, 1.82) is 0 Å². The van der Waals surface area contributed by atoms with Crippen LogP contribution in [0.15, 0.2) is 42.9 Å². The molecule has 1 atom stereocenters. The van der Waals surface area contributed by atoms with Gasteiger partial charge in [-0.3, -0.25) is 9.78 Å². The molecule has 6 nitrogen and oxygen atoms in total. The molecule has 2 aromatic heterocycles. The van der Waals surface area contributed by atoms with Gasteiger partial charge in [0.05, 0.1) is 0 Å². The molecule has 3 heterocycles. The fraction of sp³-hybridized carbons (Fsp3) is 0.478. The van der Waals surface area contributed by atoms with Crippen LogP contribution in [0, 0.1) is 11.3 Å². The molecule has 1 aliphatic heterocycles. The number of benzene rings is 1. The molecule has 1 spiro atoms. The van der Waals surface area contributed by atoms with Crippen molar-refractivity contribution >= 4 is 16.7 Å². The van der Waals surface area contributed by atoms with E-state index in [9.17, 15) is 4.79 Å². The van der Waals surface area contributed by atoms with Crippen molar-refractivity contribution in [2.45, 2.75) is 44.6 Å². The van der Waals surface area contributed by atoms with E-state index >= 15 is 0 Å². The zero-order chi connectivity index (χ0) is 19.4. The Bertz CT molecular complexity index is 1080. The van der Waals surface area contributed by atoms with E-state index in [4.69, 9.17) is 0 Å². The standard InChI is InChI=1S/C23H25N5O/c29-22(20-18-5-2-1-4-17(18)8-11-24-20)27-13-19(23(14-27)9-3-10-23)21-26-25-15-28(21)12-16-6-7-16/h1-2,4-5,8,11,15-16,19H,3,6-7,9-10,12-14H2. The minimum absolute atomic E-state index is 0.0452. The number of rotatable bonds is 4. The van der Waals surface area contributed by atoms with Crippen LogP contribution in [0.4, 0.5) is 0 Å². The second kappa shape index (κ2) is 6.37. The first-order valence-electron chi connectivity index (χ1n) is 10.7. The lowest BCUT2D eigenvalue weighted by Crippen LogP contribution is -2.38. The fourth-order valence-corrected chi connectivity index (χ4v) is 5.31. The van der Waals surface area contributed by atoms with E-state index in [1.54, 1.807) is 6.20 Å². The average molecular weight is 387 g/mol. The van der Waals surface area contributed by atoms with Gasteiger partial charge in [-0.15, -0.1) is 10.2 Å². The van der Waals surface area contributed by atoms with Crippen molar-refractivity contribution in [3.8, 4) is 0 Å². The van der Waals surface area contributed by atoms with Crippen LogP contribution in [0.25, 0.3) is 10.8 Å². The quantitative estimate of drug-likeness (QED) is 0.686. The Morgan fingerprint density at radius 3 is 2.83 bits per heavy atom. The number of carbonyl (C=O) groups is 1. The van der Waals surface area contributed by atoms with Crippen LogP contribution in [0.3, 0.4) is 0 Å². The molecule has 1 unspecified atom stereocenters. The van der Waals surface area contributed by atoms with Crippen LogP contribution in [0.1, 0.15) is 54.3 Å². The summed E-state index contributed by atoms with van der Waals surface area (Å²) in [6, 6.07) is 9.97. The van der Waals surface area contributed by atoms with Gasteiger partial charge in [0.2, 0.25) is 0 Å². The maximum Gasteiger partial charge on any atom is 0.273 e. The predicted molar refractivity (Wildman–Crippen MR) is 109 cm³/mol. The third-order valence-corrected chi connectivity index (χ3v) is 7.27. The van der Waals surface area contributed by atoms with Gasteiger partial charge < -0.3 is 9.47 Å². The minimum Gasteiger partial charge on any atom is -0.336 e. The summed E-state index contributed by atoms with van der Waals surface area (Å²) in [5.74, 6) is 2.18. The number of hydrogen-bond acceptors (Lipinski definition) is 4. The number of carbonyl (C=O) groups excluding carboxylic acids is 1. The number of fused-ring (bicyclic) bond motifs is 1. The molecule has 2 saturated carbocycles. The summed E-state index contributed by atoms with van der Waals surface area (Å²) in [7, 11) is 0. The van der Waals surface area contributed by atoms with Crippen molar-refractivity contribution in [3.05, 3.63) is 54.4 Å². The third-order valence-electron chi connectivity index (χ3n) is 7.27. The van der Waals surface area contributed by atoms with Gasteiger partial charge in [0.15, 0.2) is 0 Å². The summed E-state index contributed by atoms with van der Waals surface area (Å²) in [4.78, 5) is 20.0. The molecule has 3 aliphatic rings. The Labute approximate surface area is 169 Å². The van der Waals surface area contributed by atoms with Crippen molar-refractivity contribution in [2.75, 3.05) is 13.1 Å². The summed E-state index contributed by atoms with van der Waals surface area (Å²) in [6.45, 7) is 2.54. The predicted octanol–water partition coefficient (Wildman–Crippen LogP) is 3.65. The Hall–Kier alpha value is -2.76. The topological polar surface area (TPSA) is 63.9 Å². The smallest absolute Gasteiger partial charge is 0.273 e. The molecular weight excluding hydrogens is 362 g/mol. The lowest BCUT2D eigenvalue weighted by Gasteiger charge is -2.42. The first-order chi connectivity index (χ1) is 14.2. The first kappa shape index (κ1) is 17.1. The van der Waals surface area contributed by atoms with Crippen LogP contribution in [-0.4, -0.2) is 43.6 Å². The van der Waals surface area contributed by atoms with Crippen molar-refractivity contribution in [2.24, 2.45) is 11.3 Å². The molecule has 29 heavy (non-hydrogen) atoms. The van der Waals surface area contributed by atoms with Gasteiger partial charge >= 0.3 is 0 Å². The van der Waals surface area contributed by atoms with Crippen LogP contribution in [-0.2, 0) is 6.54 Å². The first-order valence-corrected chi connectivity index (χ1v) is 10.7. The molecule has 3 aromatic rings. The fourth-order valence-electron chi connectivity index (χ4n) is 5.31. The summed E-state index contributed by atoms with van der Waals surface area (Å²) in [5.41, 5.74) is 0.729. The number of pyridine rings is 1. The van der Waals surface area contributed by atoms with E-state index in [2.05, 4.69) is 19.7 Å². The number of amides is 1. The highest BCUT2D eigenvalue weighted by molar-refractivity contribution is 6.05. The molecule has 0 N–H and O–H groups in total. The highest BCUT2D eigenvalue weighted by atomic mass is 16.2. The molecule has 6 rings (SSSR count). The van der Waals surface area contributed by atoms with Crippen molar-refractivity contribution in [1.82, 2.24) is 24.6 Å². The van der Waals surface area contributed by atoms with Gasteiger partial charge in [-0.05, 0) is 48.5 Å². The van der Waals surface area contributed by atoms with Crippen LogP contribution in [0.2, 0.25) is 0 Å². The largest absolute Gasteiger partial charge is 0.336 e. The van der Waals surface area contributed by atoms with E-state index in [0.29, 0.717) is 12.2 Å². The normalized spacial score (nSPS) is 22.9. The van der Waals surface area contributed by atoms with Gasteiger partial charge in [-0.25, -0.2) is 0 Å². The molecule has 0 radical (unpaired) electrons. The van der Waals surface area contributed by atoms with Crippen LogP contribution >= 0.6 is 0 Å². The van der Waals surface area contributed by atoms with E-state index in [0.717, 1.165) is 35.6 Å². The summed E-state index contributed by atoms with van der Waals surface area (Å²) < 4.78 is 2.26. The lowest BCUT2D eigenvalue weighted by atomic mass is 9.62. The average Bonchev–Trinajstić information content (AvgIpc) is 3.25. The molecule has 148 valence electrons. The number of aromatic nitrogens is 4. The van der Waals surface area contributed by atoms with Gasteiger partial charge in [0, 0.05) is 37.1 Å². The monoisotopic (exact) mass is 387 g/mol. The molecule has 6 heteroatoms. The zero-order valence-corrected chi connectivity index (χ0v) is 16.5. The van der Waals surface area contributed by atoms with Crippen molar-refractivity contribution < 1.29 is 4.79 Å². The lowest BCUT2D eigenvalue weighted by molar-refractivity contribution is 0.0720. The van der Waals surface area contributed by atoms with Gasteiger partial charge in [-0.1, -0.05) is 30.7 Å². The number of hydrogen-bond donors (Lipinski definition) is 0. The SMILES string of the molecule is O=C(c1nccc2ccccc12)N1CC(c2nncn2CC2CC2)C2(CCC2)C1. The third kappa shape index (κ3) is 2.76. The summed E-state index contributed by atoms with van der Waals surface area (Å²) in [5, 5.41) is 10.8.